The number of rotatable bonds is 4. The van der Waals surface area contributed by atoms with Gasteiger partial charge in [0.2, 0.25) is 0 Å². The molecule has 0 aliphatic heterocycles. The van der Waals surface area contributed by atoms with Gasteiger partial charge in [-0.3, -0.25) is 0 Å². The minimum atomic E-state index is 0.699. The predicted molar refractivity (Wildman–Crippen MR) is 80.8 cm³/mol. The Labute approximate surface area is 119 Å². The van der Waals surface area contributed by atoms with Crippen molar-refractivity contribution in [3.05, 3.63) is 40.5 Å². The predicted octanol–water partition coefficient (Wildman–Crippen LogP) is 4.10. The second kappa shape index (κ2) is 6.02. The van der Waals surface area contributed by atoms with Gasteiger partial charge in [-0.2, -0.15) is 0 Å². The second-order valence-corrected chi connectivity index (χ2v) is 4.80. The van der Waals surface area contributed by atoms with Gasteiger partial charge in [-0.05, 0) is 32.4 Å². The Morgan fingerprint density at radius 3 is 2.63 bits per heavy atom. The Hall–Kier alpha value is -1.61. The fourth-order valence-corrected chi connectivity index (χ4v) is 2.19. The Morgan fingerprint density at radius 1 is 1.21 bits per heavy atom. The number of nitrogens with zero attached hydrogens (tertiary/aromatic N) is 2. The number of hydrogen-bond donors (Lipinski definition) is 1. The van der Waals surface area contributed by atoms with E-state index in [1.807, 2.05) is 24.3 Å². The molecule has 0 fully saturated rings. The lowest BCUT2D eigenvalue weighted by atomic mass is 10.1. The number of hydrogen-bond acceptors (Lipinski definition) is 3. The Bertz CT molecular complexity index is 582. The summed E-state index contributed by atoms with van der Waals surface area (Å²) in [6, 6.07) is 7.64. The first-order valence-corrected chi connectivity index (χ1v) is 6.90. The van der Waals surface area contributed by atoms with Crippen LogP contribution < -0.4 is 5.32 Å². The Balaban J connectivity index is 2.54. The van der Waals surface area contributed by atoms with Crippen molar-refractivity contribution in [3.8, 4) is 11.4 Å². The molecule has 0 atom stereocenters. The minimum absolute atomic E-state index is 0.699. The number of benzene rings is 1. The third-order valence-electron chi connectivity index (χ3n) is 3.01. The molecule has 1 N–H and O–H groups in total. The van der Waals surface area contributed by atoms with Crippen LogP contribution in [-0.2, 0) is 6.42 Å². The van der Waals surface area contributed by atoms with Crippen LogP contribution in [0.25, 0.3) is 11.4 Å². The van der Waals surface area contributed by atoms with Crippen LogP contribution >= 0.6 is 11.6 Å². The Kier molecular flexibility index (Phi) is 4.38. The van der Waals surface area contributed by atoms with E-state index in [2.05, 4.69) is 36.1 Å². The number of anilines is 1. The van der Waals surface area contributed by atoms with Crippen molar-refractivity contribution in [2.45, 2.75) is 27.2 Å². The maximum Gasteiger partial charge on any atom is 0.161 e. The van der Waals surface area contributed by atoms with Crippen molar-refractivity contribution in [1.82, 2.24) is 9.97 Å². The van der Waals surface area contributed by atoms with Crippen molar-refractivity contribution < 1.29 is 0 Å². The van der Waals surface area contributed by atoms with E-state index in [0.717, 1.165) is 41.4 Å². The van der Waals surface area contributed by atoms with Gasteiger partial charge >= 0.3 is 0 Å². The van der Waals surface area contributed by atoms with Crippen LogP contribution in [0.5, 0.6) is 0 Å². The van der Waals surface area contributed by atoms with Crippen molar-refractivity contribution in [2.75, 3.05) is 11.9 Å². The van der Waals surface area contributed by atoms with Crippen molar-refractivity contribution in [2.24, 2.45) is 0 Å². The maximum absolute atomic E-state index is 6.03. The highest BCUT2D eigenvalue weighted by atomic mass is 35.5. The van der Waals surface area contributed by atoms with Crippen LogP contribution in [0.3, 0.4) is 0 Å². The molecule has 4 heteroatoms. The molecule has 2 aromatic rings. The van der Waals surface area contributed by atoms with Crippen molar-refractivity contribution in [3.63, 3.8) is 0 Å². The largest absolute Gasteiger partial charge is 0.370 e. The average Bonchev–Trinajstić information content (AvgIpc) is 2.41. The van der Waals surface area contributed by atoms with Gasteiger partial charge in [-0.1, -0.05) is 30.7 Å². The quantitative estimate of drug-likeness (QED) is 0.913. The van der Waals surface area contributed by atoms with Crippen molar-refractivity contribution >= 4 is 17.4 Å². The molecule has 0 radical (unpaired) electrons. The summed E-state index contributed by atoms with van der Waals surface area (Å²) in [6.45, 7) is 7.06. The van der Waals surface area contributed by atoms with E-state index < -0.39 is 0 Å². The molecule has 3 nitrogen and oxygen atoms in total. The molecule has 0 aliphatic rings. The topological polar surface area (TPSA) is 37.8 Å². The second-order valence-electron chi connectivity index (χ2n) is 4.36. The van der Waals surface area contributed by atoms with E-state index >= 15 is 0 Å². The average molecular weight is 276 g/mol. The SMILES string of the molecule is CCNc1nc(-c2cccc(Cl)c2)nc(CC)c1C. The molecule has 1 aromatic carbocycles. The van der Waals surface area contributed by atoms with E-state index in [1.165, 1.54) is 0 Å². The van der Waals surface area contributed by atoms with Crippen LogP contribution in [0.15, 0.2) is 24.3 Å². The fraction of sp³-hybridized carbons (Fsp3) is 0.333. The molecular formula is C15H18ClN3. The molecule has 1 heterocycles. The summed E-state index contributed by atoms with van der Waals surface area (Å²) in [6.07, 6.45) is 0.889. The number of aromatic nitrogens is 2. The van der Waals surface area contributed by atoms with Crippen LogP contribution in [0, 0.1) is 6.92 Å². The summed E-state index contributed by atoms with van der Waals surface area (Å²) < 4.78 is 0. The first-order valence-electron chi connectivity index (χ1n) is 6.53. The first-order chi connectivity index (χ1) is 9.15. The van der Waals surface area contributed by atoms with Gasteiger partial charge in [0.25, 0.3) is 0 Å². The molecular weight excluding hydrogens is 258 g/mol. The molecule has 0 spiro atoms. The summed E-state index contributed by atoms with van der Waals surface area (Å²) in [4.78, 5) is 9.24. The summed E-state index contributed by atoms with van der Waals surface area (Å²) in [5.74, 6) is 1.63. The maximum atomic E-state index is 6.03. The van der Waals surface area contributed by atoms with Gasteiger partial charge in [0.15, 0.2) is 5.82 Å². The third kappa shape index (κ3) is 3.04. The van der Waals surface area contributed by atoms with Gasteiger partial charge in [-0.25, -0.2) is 9.97 Å². The molecule has 0 unspecified atom stereocenters. The van der Waals surface area contributed by atoms with Crippen LogP contribution in [0.1, 0.15) is 25.1 Å². The third-order valence-corrected chi connectivity index (χ3v) is 3.24. The standard InChI is InChI=1S/C15H18ClN3/c1-4-13-10(3)14(17-5-2)19-15(18-13)11-7-6-8-12(16)9-11/h6-9H,4-5H2,1-3H3,(H,17,18,19). The number of nitrogens with one attached hydrogen (secondary N) is 1. The van der Waals surface area contributed by atoms with Gasteiger partial charge in [0, 0.05) is 28.4 Å². The minimum Gasteiger partial charge on any atom is -0.370 e. The molecule has 2 rings (SSSR count). The molecule has 0 aliphatic carbocycles. The van der Waals surface area contributed by atoms with Gasteiger partial charge in [0.05, 0.1) is 0 Å². The smallest absolute Gasteiger partial charge is 0.161 e. The highest BCUT2D eigenvalue weighted by molar-refractivity contribution is 6.30. The highest BCUT2D eigenvalue weighted by Gasteiger charge is 2.10. The molecule has 0 saturated heterocycles. The van der Waals surface area contributed by atoms with E-state index in [-0.39, 0.29) is 0 Å². The Morgan fingerprint density at radius 2 is 2.00 bits per heavy atom. The summed E-state index contributed by atoms with van der Waals surface area (Å²) in [7, 11) is 0. The fourth-order valence-electron chi connectivity index (χ4n) is 2.00. The highest BCUT2D eigenvalue weighted by Crippen LogP contribution is 2.24. The lowest BCUT2D eigenvalue weighted by Gasteiger charge is -2.12. The van der Waals surface area contributed by atoms with Crippen molar-refractivity contribution in [1.29, 1.82) is 0 Å². The van der Waals surface area contributed by atoms with E-state index in [1.54, 1.807) is 0 Å². The summed E-state index contributed by atoms with van der Waals surface area (Å²) >= 11 is 6.03. The molecule has 0 amide bonds. The molecule has 19 heavy (non-hydrogen) atoms. The molecule has 100 valence electrons. The van der Waals surface area contributed by atoms with Crippen LogP contribution in [-0.4, -0.2) is 16.5 Å². The monoisotopic (exact) mass is 275 g/mol. The zero-order valence-electron chi connectivity index (χ0n) is 11.5. The van der Waals surface area contributed by atoms with E-state index in [9.17, 15) is 0 Å². The lowest BCUT2D eigenvalue weighted by Crippen LogP contribution is -2.07. The van der Waals surface area contributed by atoms with Gasteiger partial charge in [-0.15, -0.1) is 0 Å². The van der Waals surface area contributed by atoms with Crippen LogP contribution in [0.2, 0.25) is 5.02 Å². The van der Waals surface area contributed by atoms with Gasteiger partial charge < -0.3 is 5.32 Å². The van der Waals surface area contributed by atoms with E-state index in [4.69, 9.17) is 11.6 Å². The molecule has 1 aromatic heterocycles. The normalized spacial score (nSPS) is 10.5. The van der Waals surface area contributed by atoms with Crippen LogP contribution in [0.4, 0.5) is 5.82 Å². The first kappa shape index (κ1) is 13.8. The number of halogens is 1. The molecule has 0 saturated carbocycles. The molecule has 0 bridgehead atoms. The lowest BCUT2D eigenvalue weighted by molar-refractivity contribution is 0.970. The van der Waals surface area contributed by atoms with E-state index in [0.29, 0.717) is 5.02 Å². The zero-order chi connectivity index (χ0) is 13.8. The zero-order valence-corrected chi connectivity index (χ0v) is 12.3. The number of aryl methyl sites for hydroxylation is 1. The summed E-state index contributed by atoms with van der Waals surface area (Å²) in [5, 5.41) is 3.99. The summed E-state index contributed by atoms with van der Waals surface area (Å²) in [5.41, 5.74) is 3.14. The van der Waals surface area contributed by atoms with Gasteiger partial charge in [0.1, 0.15) is 5.82 Å².